The lowest BCUT2D eigenvalue weighted by Gasteiger charge is -2.30. The Balaban J connectivity index is 2.13. The van der Waals surface area contributed by atoms with Crippen LogP contribution in [0.5, 0.6) is 0 Å². The summed E-state index contributed by atoms with van der Waals surface area (Å²) in [5.74, 6) is 0.780. The first-order valence-corrected chi connectivity index (χ1v) is 8.83. The average Bonchev–Trinajstić information content (AvgIpc) is 2.47. The normalized spacial score (nSPS) is 14.9. The predicted octanol–water partition coefficient (Wildman–Crippen LogP) is 3.30. The molecule has 0 aromatic heterocycles. The molecular weight excluding hydrogens is 290 g/mol. The molecule has 0 unspecified atom stereocenters. The van der Waals surface area contributed by atoms with Crippen LogP contribution >= 0.6 is 11.8 Å². The minimum atomic E-state index is -3.49. The van der Waals surface area contributed by atoms with Crippen LogP contribution in [0.3, 0.4) is 0 Å². The standard InChI is InChI=1S/C15H15NO2S2/c1-12-6-2-5-9-15(12)20(17,18)16-10-11-19-14-8-4-3-7-13(14)16/h2-9H,10-11H2,1H3. The molecule has 0 bridgehead atoms. The lowest BCUT2D eigenvalue weighted by atomic mass is 10.2. The Kier molecular flexibility index (Phi) is 3.48. The minimum absolute atomic E-state index is 0.390. The molecule has 0 spiro atoms. The molecule has 1 aliphatic rings. The van der Waals surface area contributed by atoms with Crippen LogP contribution in [0.2, 0.25) is 0 Å². The summed E-state index contributed by atoms with van der Waals surface area (Å²) in [4.78, 5) is 1.41. The molecule has 20 heavy (non-hydrogen) atoms. The van der Waals surface area contributed by atoms with Crippen LogP contribution in [-0.4, -0.2) is 20.7 Å². The fourth-order valence-electron chi connectivity index (χ4n) is 2.36. The number of hydrogen-bond donors (Lipinski definition) is 0. The van der Waals surface area contributed by atoms with Crippen LogP contribution in [0, 0.1) is 6.92 Å². The summed E-state index contributed by atoms with van der Waals surface area (Å²) in [5.41, 5.74) is 1.57. The highest BCUT2D eigenvalue weighted by Gasteiger charge is 2.29. The van der Waals surface area contributed by atoms with Crippen molar-refractivity contribution in [2.75, 3.05) is 16.6 Å². The number of hydrogen-bond acceptors (Lipinski definition) is 3. The summed E-state index contributed by atoms with van der Waals surface area (Å²) in [6, 6.07) is 14.8. The van der Waals surface area contributed by atoms with E-state index in [1.807, 2.05) is 43.3 Å². The van der Waals surface area contributed by atoms with Crippen molar-refractivity contribution in [3.63, 3.8) is 0 Å². The van der Waals surface area contributed by atoms with E-state index in [2.05, 4.69) is 0 Å². The van der Waals surface area contributed by atoms with Crippen molar-refractivity contribution in [1.29, 1.82) is 0 Å². The van der Waals surface area contributed by atoms with Crippen LogP contribution in [0.1, 0.15) is 5.56 Å². The molecule has 3 nitrogen and oxygen atoms in total. The molecule has 1 aliphatic heterocycles. The van der Waals surface area contributed by atoms with Crippen molar-refractivity contribution in [2.24, 2.45) is 0 Å². The Morgan fingerprint density at radius 3 is 2.55 bits per heavy atom. The van der Waals surface area contributed by atoms with Crippen molar-refractivity contribution in [3.05, 3.63) is 54.1 Å². The topological polar surface area (TPSA) is 37.4 Å². The molecule has 0 N–H and O–H groups in total. The quantitative estimate of drug-likeness (QED) is 0.854. The number of para-hydroxylation sites is 1. The number of thioether (sulfide) groups is 1. The van der Waals surface area contributed by atoms with Gasteiger partial charge < -0.3 is 0 Å². The minimum Gasteiger partial charge on any atom is -0.264 e. The molecule has 104 valence electrons. The van der Waals surface area contributed by atoms with E-state index in [0.717, 1.165) is 21.9 Å². The summed E-state index contributed by atoms with van der Waals surface area (Å²) < 4.78 is 27.3. The first kappa shape index (κ1) is 13.5. The Morgan fingerprint density at radius 1 is 1.05 bits per heavy atom. The van der Waals surface area contributed by atoms with E-state index < -0.39 is 10.0 Å². The summed E-state index contributed by atoms with van der Waals surface area (Å²) in [7, 11) is -3.49. The number of benzene rings is 2. The highest BCUT2D eigenvalue weighted by molar-refractivity contribution is 8.00. The maximum atomic E-state index is 12.9. The van der Waals surface area contributed by atoms with Gasteiger partial charge in [-0.25, -0.2) is 8.42 Å². The zero-order valence-corrected chi connectivity index (χ0v) is 12.7. The van der Waals surface area contributed by atoms with Gasteiger partial charge in [0.05, 0.1) is 10.6 Å². The largest absolute Gasteiger partial charge is 0.264 e. The lowest BCUT2D eigenvalue weighted by Crippen LogP contribution is -2.35. The van der Waals surface area contributed by atoms with Gasteiger partial charge in [0.1, 0.15) is 0 Å². The Hall–Kier alpha value is -1.46. The smallest absolute Gasteiger partial charge is 0.264 e. The van der Waals surface area contributed by atoms with Gasteiger partial charge in [-0.05, 0) is 30.7 Å². The third kappa shape index (κ3) is 2.21. The van der Waals surface area contributed by atoms with Crippen molar-refractivity contribution >= 4 is 27.5 Å². The van der Waals surface area contributed by atoms with Gasteiger partial charge >= 0.3 is 0 Å². The maximum absolute atomic E-state index is 12.9. The number of aryl methyl sites for hydroxylation is 1. The fourth-order valence-corrected chi connectivity index (χ4v) is 5.24. The van der Waals surface area contributed by atoms with Gasteiger partial charge in [-0.3, -0.25) is 4.31 Å². The Bertz CT molecular complexity index is 741. The second-order valence-corrected chi connectivity index (χ2v) is 7.63. The highest BCUT2D eigenvalue weighted by Crippen LogP contribution is 2.37. The maximum Gasteiger partial charge on any atom is 0.264 e. The molecule has 0 amide bonds. The van der Waals surface area contributed by atoms with E-state index in [4.69, 9.17) is 0 Å². The third-order valence-electron chi connectivity index (χ3n) is 3.35. The van der Waals surface area contributed by atoms with Crippen molar-refractivity contribution in [2.45, 2.75) is 16.7 Å². The van der Waals surface area contributed by atoms with Gasteiger partial charge in [-0.1, -0.05) is 30.3 Å². The van der Waals surface area contributed by atoms with Crippen molar-refractivity contribution in [3.8, 4) is 0 Å². The van der Waals surface area contributed by atoms with Gasteiger partial charge in [0.2, 0.25) is 0 Å². The molecule has 2 aromatic rings. The number of anilines is 1. The van der Waals surface area contributed by atoms with Gasteiger partial charge in [0, 0.05) is 17.2 Å². The second kappa shape index (κ2) is 5.14. The van der Waals surface area contributed by atoms with Gasteiger partial charge in [-0.15, -0.1) is 11.8 Å². The fraction of sp³-hybridized carbons (Fsp3) is 0.200. The van der Waals surface area contributed by atoms with E-state index in [-0.39, 0.29) is 0 Å². The van der Waals surface area contributed by atoms with E-state index in [1.165, 1.54) is 4.31 Å². The molecule has 0 saturated heterocycles. The zero-order chi connectivity index (χ0) is 14.2. The molecule has 0 atom stereocenters. The third-order valence-corrected chi connectivity index (χ3v) is 6.36. The molecular formula is C15H15NO2S2. The van der Waals surface area contributed by atoms with Crippen LogP contribution < -0.4 is 4.31 Å². The van der Waals surface area contributed by atoms with E-state index in [0.29, 0.717) is 11.4 Å². The van der Waals surface area contributed by atoms with Gasteiger partial charge in [0.15, 0.2) is 0 Å². The van der Waals surface area contributed by atoms with E-state index >= 15 is 0 Å². The van der Waals surface area contributed by atoms with Crippen LogP contribution in [0.4, 0.5) is 5.69 Å². The molecule has 0 fully saturated rings. The molecule has 0 aliphatic carbocycles. The summed E-state index contributed by atoms with van der Waals surface area (Å²) in [6.45, 7) is 2.34. The molecule has 2 aromatic carbocycles. The Morgan fingerprint density at radius 2 is 1.75 bits per heavy atom. The molecule has 3 rings (SSSR count). The van der Waals surface area contributed by atoms with Crippen LogP contribution in [-0.2, 0) is 10.0 Å². The number of fused-ring (bicyclic) bond motifs is 1. The van der Waals surface area contributed by atoms with E-state index in [9.17, 15) is 8.42 Å². The number of rotatable bonds is 2. The average molecular weight is 305 g/mol. The Labute approximate surface area is 123 Å². The van der Waals surface area contributed by atoms with Gasteiger partial charge in [-0.2, -0.15) is 0 Å². The van der Waals surface area contributed by atoms with Crippen LogP contribution in [0.25, 0.3) is 0 Å². The second-order valence-electron chi connectivity index (χ2n) is 4.66. The zero-order valence-electron chi connectivity index (χ0n) is 11.1. The lowest BCUT2D eigenvalue weighted by molar-refractivity contribution is 0.591. The predicted molar refractivity (Wildman–Crippen MR) is 82.9 cm³/mol. The number of sulfonamides is 1. The molecule has 0 saturated carbocycles. The first-order valence-electron chi connectivity index (χ1n) is 6.41. The summed E-state index contributed by atoms with van der Waals surface area (Å²) in [5, 5.41) is 0. The van der Waals surface area contributed by atoms with Crippen molar-refractivity contribution in [1.82, 2.24) is 0 Å². The highest BCUT2D eigenvalue weighted by atomic mass is 32.2. The first-order chi connectivity index (χ1) is 9.60. The molecule has 0 radical (unpaired) electrons. The van der Waals surface area contributed by atoms with Crippen LogP contribution in [0.15, 0.2) is 58.3 Å². The van der Waals surface area contributed by atoms with E-state index in [1.54, 1.807) is 23.9 Å². The monoisotopic (exact) mass is 305 g/mol. The van der Waals surface area contributed by atoms with Crippen molar-refractivity contribution < 1.29 is 8.42 Å². The number of nitrogens with zero attached hydrogens (tertiary/aromatic N) is 1. The SMILES string of the molecule is Cc1ccccc1S(=O)(=O)N1CCSc2ccccc21. The summed E-state index contributed by atoms with van der Waals surface area (Å²) >= 11 is 1.70. The molecule has 5 heteroatoms. The summed E-state index contributed by atoms with van der Waals surface area (Å²) in [6.07, 6.45) is 0. The molecule has 1 heterocycles. The van der Waals surface area contributed by atoms with Gasteiger partial charge in [0.25, 0.3) is 10.0 Å².